The maximum Gasteiger partial charge on any atom is 0.158 e. The van der Waals surface area contributed by atoms with Gasteiger partial charge in [-0.05, 0) is 38.2 Å². The highest BCUT2D eigenvalue weighted by atomic mass is 32.2. The van der Waals surface area contributed by atoms with Crippen molar-refractivity contribution in [3.63, 3.8) is 0 Å². The van der Waals surface area contributed by atoms with E-state index in [0.29, 0.717) is 0 Å². The first-order chi connectivity index (χ1) is 8.80. The molecule has 0 aromatic heterocycles. The Morgan fingerprint density at radius 3 is 2.42 bits per heavy atom. The number of rotatable bonds is 3. The van der Waals surface area contributed by atoms with Crippen LogP contribution in [0.4, 0.5) is 0 Å². The monoisotopic (exact) mass is 308 g/mol. The quantitative estimate of drug-likeness (QED) is 0.729. The van der Waals surface area contributed by atoms with Gasteiger partial charge >= 0.3 is 0 Å². The fourth-order valence-electron chi connectivity index (χ4n) is 2.50. The summed E-state index contributed by atoms with van der Waals surface area (Å²) in [4.78, 5) is 0. The first-order valence-electron chi connectivity index (χ1n) is 6.55. The molecule has 1 saturated heterocycles. The van der Waals surface area contributed by atoms with E-state index in [4.69, 9.17) is 4.74 Å². The van der Waals surface area contributed by atoms with Gasteiger partial charge in [0.15, 0.2) is 19.7 Å². The summed E-state index contributed by atoms with van der Waals surface area (Å²) in [6.45, 7) is 1.63. The lowest BCUT2D eigenvalue weighted by atomic mass is 10.2. The second-order valence-corrected chi connectivity index (χ2v) is 9.91. The minimum Gasteiger partial charge on any atom is -0.497 e. The smallest absolute Gasteiger partial charge is 0.158 e. The number of sulfone groups is 2. The third kappa shape index (κ3) is 3.72. The van der Waals surface area contributed by atoms with Crippen LogP contribution < -0.4 is 0 Å². The van der Waals surface area contributed by atoms with Crippen molar-refractivity contribution in [1.82, 2.24) is 0 Å². The van der Waals surface area contributed by atoms with Crippen LogP contribution in [0.1, 0.15) is 32.6 Å². The lowest BCUT2D eigenvalue weighted by Crippen LogP contribution is -2.46. The zero-order valence-corrected chi connectivity index (χ0v) is 12.7. The van der Waals surface area contributed by atoms with Crippen molar-refractivity contribution >= 4 is 19.7 Å². The molecule has 110 valence electrons. The summed E-state index contributed by atoms with van der Waals surface area (Å²) < 4.78 is 52.5. The van der Waals surface area contributed by atoms with Gasteiger partial charge < -0.3 is 4.74 Å². The van der Waals surface area contributed by atoms with Gasteiger partial charge in [-0.1, -0.05) is 0 Å². The van der Waals surface area contributed by atoms with Crippen molar-refractivity contribution in [2.75, 3.05) is 17.3 Å². The van der Waals surface area contributed by atoms with Gasteiger partial charge in [0.1, 0.15) is 11.4 Å². The van der Waals surface area contributed by atoms with Crippen LogP contribution in [0, 0.1) is 0 Å². The maximum atomic E-state index is 11.9. The van der Waals surface area contributed by atoms with Crippen LogP contribution in [0.5, 0.6) is 0 Å². The molecule has 2 unspecified atom stereocenters. The summed E-state index contributed by atoms with van der Waals surface area (Å²) >= 11 is 0. The van der Waals surface area contributed by atoms with E-state index < -0.39 is 31.0 Å². The number of allylic oxidation sites excluding steroid dienone is 1. The van der Waals surface area contributed by atoms with Gasteiger partial charge in [0.2, 0.25) is 0 Å². The molecule has 2 fully saturated rings. The number of ether oxygens (including phenoxy) is 1. The molecule has 1 saturated carbocycles. The van der Waals surface area contributed by atoms with Gasteiger partial charge in [-0.3, -0.25) is 0 Å². The van der Waals surface area contributed by atoms with E-state index in [2.05, 4.69) is 0 Å². The van der Waals surface area contributed by atoms with Gasteiger partial charge in [0.05, 0.1) is 23.5 Å². The molecule has 2 rings (SSSR count). The van der Waals surface area contributed by atoms with E-state index in [9.17, 15) is 16.8 Å². The Bertz CT molecular complexity index is 551. The predicted molar refractivity (Wildman–Crippen MR) is 73.3 cm³/mol. The van der Waals surface area contributed by atoms with Crippen molar-refractivity contribution in [3.8, 4) is 0 Å². The van der Waals surface area contributed by atoms with Crippen molar-refractivity contribution in [2.45, 2.75) is 44.0 Å². The first-order valence-corrected chi connectivity index (χ1v) is 10.1. The van der Waals surface area contributed by atoms with E-state index in [1.807, 2.05) is 0 Å². The third-order valence-corrected chi connectivity index (χ3v) is 8.19. The number of hydrogen-bond donors (Lipinski definition) is 0. The standard InChI is InChI=1S/C12H20O5S2/c1-10(17-8-11-4-2-3-5-11)12-9-18(13,14)6-7-19(12,15)16/h8,10,12H,2-7,9H2,1H3. The topological polar surface area (TPSA) is 77.5 Å². The average Bonchev–Trinajstić information content (AvgIpc) is 2.83. The van der Waals surface area contributed by atoms with Crippen LogP contribution in [-0.4, -0.2) is 45.4 Å². The highest BCUT2D eigenvalue weighted by Crippen LogP contribution is 2.25. The number of hydrogen-bond acceptors (Lipinski definition) is 5. The summed E-state index contributed by atoms with van der Waals surface area (Å²) in [6.07, 6.45) is 5.27. The highest BCUT2D eigenvalue weighted by molar-refractivity contribution is 7.98. The predicted octanol–water partition coefficient (Wildman–Crippen LogP) is 1.06. The van der Waals surface area contributed by atoms with Crippen molar-refractivity contribution < 1.29 is 21.6 Å². The molecule has 1 heterocycles. The lowest BCUT2D eigenvalue weighted by molar-refractivity contribution is 0.157. The summed E-state index contributed by atoms with van der Waals surface area (Å²) in [5, 5.41) is -0.940. The van der Waals surface area contributed by atoms with E-state index in [0.717, 1.165) is 25.7 Å². The van der Waals surface area contributed by atoms with Crippen LogP contribution in [0.25, 0.3) is 0 Å². The molecule has 1 aliphatic carbocycles. The lowest BCUT2D eigenvalue weighted by Gasteiger charge is -2.27. The molecule has 2 atom stereocenters. The Morgan fingerprint density at radius 2 is 1.79 bits per heavy atom. The molecule has 0 spiro atoms. The molecule has 0 N–H and O–H groups in total. The molecule has 0 amide bonds. The summed E-state index contributed by atoms with van der Waals surface area (Å²) in [5.41, 5.74) is 1.18. The Kier molecular flexibility index (Phi) is 4.25. The third-order valence-electron chi connectivity index (χ3n) is 3.78. The van der Waals surface area contributed by atoms with Gasteiger partial charge in [-0.15, -0.1) is 0 Å². The summed E-state index contributed by atoms with van der Waals surface area (Å²) in [6, 6.07) is 0. The second kappa shape index (κ2) is 5.44. The first kappa shape index (κ1) is 14.8. The summed E-state index contributed by atoms with van der Waals surface area (Å²) in [7, 11) is -6.64. The fraction of sp³-hybridized carbons (Fsp3) is 0.833. The molecule has 19 heavy (non-hydrogen) atoms. The largest absolute Gasteiger partial charge is 0.497 e. The SMILES string of the molecule is CC(OC=C1CCCC1)C1CS(=O)(=O)CCS1(=O)=O. The van der Waals surface area contributed by atoms with Gasteiger partial charge in [-0.2, -0.15) is 0 Å². The van der Waals surface area contributed by atoms with Crippen molar-refractivity contribution in [1.29, 1.82) is 0 Å². The van der Waals surface area contributed by atoms with E-state index in [1.54, 1.807) is 13.2 Å². The highest BCUT2D eigenvalue weighted by Gasteiger charge is 2.40. The van der Waals surface area contributed by atoms with Gasteiger partial charge in [-0.25, -0.2) is 16.8 Å². The van der Waals surface area contributed by atoms with Crippen LogP contribution in [0.15, 0.2) is 11.8 Å². The van der Waals surface area contributed by atoms with Crippen molar-refractivity contribution in [3.05, 3.63) is 11.8 Å². The summed E-state index contributed by atoms with van der Waals surface area (Å²) in [5.74, 6) is -0.871. The molecular formula is C12H20O5S2. The molecule has 0 aromatic carbocycles. The molecule has 0 radical (unpaired) electrons. The zero-order chi connectivity index (χ0) is 14.1. The Labute approximate surface area is 114 Å². The molecule has 7 heteroatoms. The molecule has 0 aromatic rings. The molecular weight excluding hydrogens is 288 g/mol. The fourth-order valence-corrected chi connectivity index (χ4v) is 7.78. The minimum atomic E-state index is -3.37. The zero-order valence-electron chi connectivity index (χ0n) is 11.0. The van der Waals surface area contributed by atoms with Crippen LogP contribution in [-0.2, 0) is 24.4 Å². The Balaban J connectivity index is 2.07. The molecule has 2 aliphatic rings. The van der Waals surface area contributed by atoms with E-state index in [1.165, 1.54) is 5.57 Å². The van der Waals surface area contributed by atoms with Gasteiger partial charge in [0.25, 0.3) is 0 Å². The molecule has 0 bridgehead atoms. The average molecular weight is 308 g/mol. The van der Waals surface area contributed by atoms with Crippen LogP contribution in [0.2, 0.25) is 0 Å². The normalized spacial score (nSPS) is 30.8. The molecule has 1 aliphatic heterocycles. The second-order valence-electron chi connectivity index (χ2n) is 5.34. The van der Waals surface area contributed by atoms with Gasteiger partial charge in [0, 0.05) is 0 Å². The van der Waals surface area contributed by atoms with E-state index in [-0.39, 0.29) is 17.3 Å². The Hall–Kier alpha value is -0.560. The maximum absolute atomic E-state index is 11.9. The minimum absolute atomic E-state index is 0.264. The van der Waals surface area contributed by atoms with E-state index >= 15 is 0 Å². The van der Waals surface area contributed by atoms with Crippen LogP contribution >= 0.6 is 0 Å². The Morgan fingerprint density at radius 1 is 1.16 bits per heavy atom. The van der Waals surface area contributed by atoms with Crippen LogP contribution in [0.3, 0.4) is 0 Å². The van der Waals surface area contributed by atoms with Crippen molar-refractivity contribution in [2.24, 2.45) is 0 Å². The molecule has 5 nitrogen and oxygen atoms in total.